The zero-order chi connectivity index (χ0) is 18.6. The number of methoxy groups -OCH3 is 1. The van der Waals surface area contributed by atoms with Gasteiger partial charge in [0, 0.05) is 52.0 Å². The molecule has 7 heteroatoms. The van der Waals surface area contributed by atoms with Crippen molar-refractivity contribution >= 4 is 29.9 Å². The Morgan fingerprint density at radius 3 is 2.56 bits per heavy atom. The van der Waals surface area contributed by atoms with Gasteiger partial charge >= 0.3 is 0 Å². The van der Waals surface area contributed by atoms with Crippen LogP contribution in [0.25, 0.3) is 0 Å². The van der Waals surface area contributed by atoms with Crippen molar-refractivity contribution in [3.05, 3.63) is 0 Å². The molecular weight excluding hydrogens is 453 g/mol. The van der Waals surface area contributed by atoms with E-state index in [-0.39, 0.29) is 24.0 Å². The van der Waals surface area contributed by atoms with E-state index in [0.29, 0.717) is 12.1 Å². The van der Waals surface area contributed by atoms with Crippen LogP contribution < -0.4 is 10.6 Å². The molecule has 2 N–H and O–H groups in total. The Hall–Kier alpha value is -0.120. The molecule has 27 heavy (non-hydrogen) atoms. The van der Waals surface area contributed by atoms with E-state index in [9.17, 15) is 0 Å². The molecule has 2 aliphatic rings. The molecule has 1 atom stereocenters. The van der Waals surface area contributed by atoms with Gasteiger partial charge in [0.05, 0.1) is 6.54 Å². The van der Waals surface area contributed by atoms with Crippen LogP contribution in [0.2, 0.25) is 0 Å². The summed E-state index contributed by atoms with van der Waals surface area (Å²) in [7, 11) is 1.78. The van der Waals surface area contributed by atoms with Crippen LogP contribution in [-0.4, -0.2) is 87.4 Å². The van der Waals surface area contributed by atoms with E-state index in [1.54, 1.807) is 7.11 Å². The minimum absolute atomic E-state index is 0. The number of piperidine rings is 2. The van der Waals surface area contributed by atoms with Crippen LogP contribution in [0.3, 0.4) is 0 Å². The summed E-state index contributed by atoms with van der Waals surface area (Å²) in [5.74, 6) is 1.01. The van der Waals surface area contributed by atoms with Crippen molar-refractivity contribution < 1.29 is 4.74 Å². The van der Waals surface area contributed by atoms with Crippen LogP contribution in [0.5, 0.6) is 0 Å². The second-order valence-electron chi connectivity index (χ2n) is 7.60. The first-order chi connectivity index (χ1) is 12.8. The number of hydrogen-bond acceptors (Lipinski definition) is 4. The third-order valence-corrected chi connectivity index (χ3v) is 5.71. The van der Waals surface area contributed by atoms with Crippen LogP contribution in [-0.2, 0) is 4.74 Å². The number of nitrogens with zero attached hydrogens (tertiary/aromatic N) is 3. The van der Waals surface area contributed by atoms with E-state index in [2.05, 4.69) is 34.3 Å². The largest absolute Gasteiger partial charge is 0.385 e. The molecule has 1 unspecified atom stereocenters. The Kier molecular flexibility index (Phi) is 13.7. The van der Waals surface area contributed by atoms with Gasteiger partial charge in [0.1, 0.15) is 0 Å². The van der Waals surface area contributed by atoms with Crippen molar-refractivity contribution in [1.29, 1.82) is 0 Å². The maximum atomic E-state index is 5.16. The number of likely N-dealkylation sites (tertiary alicyclic amines) is 2. The standard InChI is InChI=1S/C20H41N5O.HI/c1-4-21-20(22-17-19-9-6-7-13-25(19)5-2)23-18-10-14-24(15-11-18)12-8-16-26-3;/h18-19H,4-17H2,1-3H3,(H2,21,22,23);1H. The van der Waals surface area contributed by atoms with Gasteiger partial charge in [-0.05, 0) is 52.1 Å². The van der Waals surface area contributed by atoms with Gasteiger partial charge in [-0.3, -0.25) is 9.89 Å². The Morgan fingerprint density at radius 1 is 1.11 bits per heavy atom. The lowest BCUT2D eigenvalue weighted by Crippen LogP contribution is -2.49. The molecule has 2 saturated heterocycles. The molecule has 0 aromatic heterocycles. The zero-order valence-electron chi connectivity index (χ0n) is 17.7. The third kappa shape index (κ3) is 9.28. The fraction of sp³-hybridized carbons (Fsp3) is 0.950. The number of rotatable bonds is 9. The monoisotopic (exact) mass is 495 g/mol. The summed E-state index contributed by atoms with van der Waals surface area (Å²) in [6, 6.07) is 1.16. The van der Waals surface area contributed by atoms with Crippen LogP contribution in [0.15, 0.2) is 4.99 Å². The first kappa shape index (κ1) is 24.9. The van der Waals surface area contributed by atoms with Crippen molar-refractivity contribution in [2.45, 2.75) is 64.5 Å². The second kappa shape index (κ2) is 14.8. The fourth-order valence-electron chi connectivity index (χ4n) is 4.13. The zero-order valence-corrected chi connectivity index (χ0v) is 20.0. The molecule has 2 aliphatic heterocycles. The number of guanidine groups is 1. The third-order valence-electron chi connectivity index (χ3n) is 5.71. The molecule has 0 aromatic carbocycles. The average molecular weight is 495 g/mol. The van der Waals surface area contributed by atoms with Crippen molar-refractivity contribution in [2.75, 3.05) is 59.5 Å². The summed E-state index contributed by atoms with van der Waals surface area (Å²) in [6.07, 6.45) is 7.51. The van der Waals surface area contributed by atoms with Gasteiger partial charge in [-0.15, -0.1) is 24.0 Å². The Balaban J connectivity index is 0.00000364. The summed E-state index contributed by atoms with van der Waals surface area (Å²) < 4.78 is 5.16. The molecule has 0 spiro atoms. The van der Waals surface area contributed by atoms with Gasteiger partial charge in [0.15, 0.2) is 5.96 Å². The summed E-state index contributed by atoms with van der Waals surface area (Å²) >= 11 is 0. The normalized spacial score (nSPS) is 23.1. The van der Waals surface area contributed by atoms with Crippen molar-refractivity contribution in [1.82, 2.24) is 20.4 Å². The lowest BCUT2D eigenvalue weighted by molar-refractivity contribution is 0.155. The number of nitrogens with one attached hydrogen (secondary N) is 2. The first-order valence-electron chi connectivity index (χ1n) is 10.8. The first-order valence-corrected chi connectivity index (χ1v) is 10.8. The summed E-state index contributed by atoms with van der Waals surface area (Å²) in [6.45, 7) is 13.0. The average Bonchev–Trinajstić information content (AvgIpc) is 2.68. The Morgan fingerprint density at radius 2 is 1.89 bits per heavy atom. The molecule has 0 amide bonds. The molecule has 0 saturated carbocycles. The molecular formula is C20H42IN5O. The molecule has 0 radical (unpaired) electrons. The van der Waals surface area contributed by atoms with Crippen LogP contribution >= 0.6 is 24.0 Å². The van der Waals surface area contributed by atoms with Crippen LogP contribution in [0.1, 0.15) is 52.4 Å². The van der Waals surface area contributed by atoms with E-state index in [1.807, 2.05) is 0 Å². The minimum Gasteiger partial charge on any atom is -0.385 e. The van der Waals surface area contributed by atoms with Gasteiger partial charge in [-0.25, -0.2) is 0 Å². The second-order valence-corrected chi connectivity index (χ2v) is 7.60. The van der Waals surface area contributed by atoms with Crippen LogP contribution in [0.4, 0.5) is 0 Å². The minimum atomic E-state index is 0. The molecule has 0 bridgehead atoms. The van der Waals surface area contributed by atoms with Crippen molar-refractivity contribution in [3.63, 3.8) is 0 Å². The fourth-order valence-corrected chi connectivity index (χ4v) is 4.13. The van der Waals surface area contributed by atoms with Crippen molar-refractivity contribution in [2.24, 2.45) is 4.99 Å². The molecule has 6 nitrogen and oxygen atoms in total. The highest BCUT2D eigenvalue weighted by molar-refractivity contribution is 14.0. The van der Waals surface area contributed by atoms with Gasteiger partial charge in [-0.1, -0.05) is 13.3 Å². The van der Waals surface area contributed by atoms with E-state index >= 15 is 0 Å². The Bertz CT molecular complexity index is 402. The van der Waals surface area contributed by atoms with Crippen molar-refractivity contribution in [3.8, 4) is 0 Å². The summed E-state index contributed by atoms with van der Waals surface area (Å²) in [5.41, 5.74) is 0. The predicted molar refractivity (Wildman–Crippen MR) is 125 cm³/mol. The molecule has 0 aromatic rings. The van der Waals surface area contributed by atoms with Gasteiger partial charge in [0.25, 0.3) is 0 Å². The van der Waals surface area contributed by atoms with Gasteiger partial charge in [-0.2, -0.15) is 0 Å². The quantitative estimate of drug-likeness (QED) is 0.223. The Labute approximate surface area is 183 Å². The highest BCUT2D eigenvalue weighted by Gasteiger charge is 2.22. The number of halogens is 1. The van der Waals surface area contributed by atoms with Gasteiger partial charge < -0.3 is 20.3 Å². The predicted octanol–water partition coefficient (Wildman–Crippen LogP) is 2.53. The summed E-state index contributed by atoms with van der Waals surface area (Å²) in [4.78, 5) is 10.1. The smallest absolute Gasteiger partial charge is 0.191 e. The highest BCUT2D eigenvalue weighted by Crippen LogP contribution is 2.17. The van der Waals surface area contributed by atoms with E-state index in [1.165, 1.54) is 51.7 Å². The number of likely N-dealkylation sites (N-methyl/N-ethyl adjacent to an activating group) is 1. The van der Waals surface area contributed by atoms with Crippen LogP contribution in [0, 0.1) is 0 Å². The van der Waals surface area contributed by atoms with E-state index in [4.69, 9.17) is 9.73 Å². The lowest BCUT2D eigenvalue weighted by Gasteiger charge is -2.35. The lowest BCUT2D eigenvalue weighted by atomic mass is 10.0. The van der Waals surface area contributed by atoms with Gasteiger partial charge in [0.2, 0.25) is 0 Å². The highest BCUT2D eigenvalue weighted by atomic mass is 127. The number of hydrogen-bond donors (Lipinski definition) is 2. The number of ether oxygens (including phenoxy) is 1. The molecule has 2 heterocycles. The SMILES string of the molecule is CCNC(=NCC1CCCCN1CC)NC1CCN(CCCOC)CC1.I. The van der Waals surface area contributed by atoms with E-state index < -0.39 is 0 Å². The summed E-state index contributed by atoms with van der Waals surface area (Å²) in [5, 5.41) is 7.13. The maximum absolute atomic E-state index is 5.16. The van der Waals surface area contributed by atoms with E-state index in [0.717, 1.165) is 45.2 Å². The topological polar surface area (TPSA) is 52.1 Å². The maximum Gasteiger partial charge on any atom is 0.191 e. The molecule has 0 aliphatic carbocycles. The molecule has 160 valence electrons. The molecule has 2 rings (SSSR count). The number of aliphatic imine (C=N–C) groups is 1. The molecule has 2 fully saturated rings.